The molecule has 2 N–H and O–H groups in total. The minimum atomic E-state index is -0.151. The SMILES string of the molecule is NC(c1ccc(Cl)cc1)c1ccn2nccc2c1. The van der Waals surface area contributed by atoms with Crippen LogP contribution in [0.15, 0.2) is 54.9 Å². The third kappa shape index (κ3) is 1.98. The minimum absolute atomic E-state index is 0.151. The van der Waals surface area contributed by atoms with Crippen LogP contribution in [0.4, 0.5) is 0 Å². The molecule has 1 atom stereocenters. The Balaban J connectivity index is 2.00. The molecule has 4 heteroatoms. The lowest BCUT2D eigenvalue weighted by atomic mass is 10.0. The second-order valence-corrected chi connectivity index (χ2v) is 4.63. The van der Waals surface area contributed by atoms with Crippen molar-refractivity contribution in [2.24, 2.45) is 5.73 Å². The molecule has 0 saturated carbocycles. The lowest BCUT2D eigenvalue weighted by Gasteiger charge is -2.12. The Hall–Kier alpha value is -1.84. The van der Waals surface area contributed by atoms with Gasteiger partial charge < -0.3 is 5.73 Å². The molecule has 0 aliphatic rings. The van der Waals surface area contributed by atoms with E-state index in [1.165, 1.54) is 0 Å². The van der Waals surface area contributed by atoms with Crippen LogP contribution in [0.3, 0.4) is 0 Å². The molecule has 0 aliphatic carbocycles. The number of aromatic nitrogens is 2. The Labute approximate surface area is 110 Å². The lowest BCUT2D eigenvalue weighted by molar-refractivity contribution is 0.860. The Kier molecular flexibility index (Phi) is 2.78. The smallest absolute Gasteiger partial charge is 0.0664 e. The Morgan fingerprint density at radius 2 is 1.83 bits per heavy atom. The second kappa shape index (κ2) is 4.44. The molecule has 2 heterocycles. The molecule has 0 fully saturated rings. The monoisotopic (exact) mass is 257 g/mol. The molecule has 0 amide bonds. The first-order valence-corrected chi connectivity index (χ1v) is 6.06. The van der Waals surface area contributed by atoms with Gasteiger partial charge in [-0.2, -0.15) is 5.10 Å². The number of rotatable bonds is 2. The van der Waals surface area contributed by atoms with E-state index in [9.17, 15) is 0 Å². The van der Waals surface area contributed by atoms with Crippen LogP contribution in [0.5, 0.6) is 0 Å². The van der Waals surface area contributed by atoms with E-state index in [1.807, 2.05) is 53.2 Å². The fourth-order valence-electron chi connectivity index (χ4n) is 1.99. The van der Waals surface area contributed by atoms with Gasteiger partial charge in [-0.15, -0.1) is 0 Å². The van der Waals surface area contributed by atoms with Crippen molar-refractivity contribution in [3.63, 3.8) is 0 Å². The summed E-state index contributed by atoms with van der Waals surface area (Å²) in [5.41, 5.74) is 9.40. The van der Waals surface area contributed by atoms with Crippen LogP contribution in [0.25, 0.3) is 5.52 Å². The van der Waals surface area contributed by atoms with Crippen LogP contribution in [0.2, 0.25) is 5.02 Å². The van der Waals surface area contributed by atoms with E-state index in [0.717, 1.165) is 21.7 Å². The van der Waals surface area contributed by atoms with E-state index < -0.39 is 0 Å². The average Bonchev–Trinajstić information content (AvgIpc) is 2.86. The van der Waals surface area contributed by atoms with Crippen molar-refractivity contribution in [3.05, 3.63) is 71.0 Å². The molecule has 90 valence electrons. The molecule has 1 unspecified atom stereocenters. The van der Waals surface area contributed by atoms with Crippen LogP contribution >= 0.6 is 11.6 Å². The van der Waals surface area contributed by atoms with E-state index >= 15 is 0 Å². The van der Waals surface area contributed by atoms with Gasteiger partial charge >= 0.3 is 0 Å². The Morgan fingerprint density at radius 1 is 1.06 bits per heavy atom. The molecule has 0 spiro atoms. The molecular formula is C14H12ClN3. The highest BCUT2D eigenvalue weighted by Gasteiger charge is 2.09. The maximum atomic E-state index is 6.25. The highest BCUT2D eigenvalue weighted by Crippen LogP contribution is 2.22. The van der Waals surface area contributed by atoms with Crippen molar-refractivity contribution in [3.8, 4) is 0 Å². The van der Waals surface area contributed by atoms with Crippen molar-refractivity contribution in [1.29, 1.82) is 0 Å². The molecule has 1 aromatic carbocycles. The van der Waals surface area contributed by atoms with Crippen LogP contribution in [0, 0.1) is 0 Å². The summed E-state index contributed by atoms with van der Waals surface area (Å²) in [6, 6.07) is 13.5. The highest BCUT2D eigenvalue weighted by atomic mass is 35.5. The van der Waals surface area contributed by atoms with E-state index in [1.54, 1.807) is 6.20 Å². The topological polar surface area (TPSA) is 43.3 Å². The van der Waals surface area contributed by atoms with Crippen LogP contribution in [-0.4, -0.2) is 9.61 Å². The standard InChI is InChI=1S/C14H12ClN3/c15-12-3-1-10(2-4-12)14(16)11-6-8-18-13(9-11)5-7-17-18/h1-9,14H,16H2. The summed E-state index contributed by atoms with van der Waals surface area (Å²) in [6.45, 7) is 0. The molecule has 0 aliphatic heterocycles. The normalized spacial score (nSPS) is 12.8. The lowest BCUT2D eigenvalue weighted by Crippen LogP contribution is -2.12. The minimum Gasteiger partial charge on any atom is -0.320 e. The van der Waals surface area contributed by atoms with Gasteiger partial charge in [-0.05, 0) is 41.5 Å². The van der Waals surface area contributed by atoms with Gasteiger partial charge in [0.1, 0.15) is 0 Å². The zero-order valence-electron chi connectivity index (χ0n) is 9.62. The number of hydrogen-bond acceptors (Lipinski definition) is 2. The quantitative estimate of drug-likeness (QED) is 0.767. The fourth-order valence-corrected chi connectivity index (χ4v) is 2.12. The summed E-state index contributed by atoms with van der Waals surface area (Å²) in [6.07, 6.45) is 3.69. The molecule has 3 rings (SSSR count). The summed E-state index contributed by atoms with van der Waals surface area (Å²) in [4.78, 5) is 0. The van der Waals surface area contributed by atoms with E-state index in [0.29, 0.717) is 0 Å². The van der Waals surface area contributed by atoms with E-state index in [4.69, 9.17) is 17.3 Å². The maximum absolute atomic E-state index is 6.25. The van der Waals surface area contributed by atoms with E-state index in [2.05, 4.69) is 5.10 Å². The largest absolute Gasteiger partial charge is 0.320 e. The molecule has 3 nitrogen and oxygen atoms in total. The fraction of sp³-hybridized carbons (Fsp3) is 0.0714. The van der Waals surface area contributed by atoms with Crippen molar-refractivity contribution in [2.75, 3.05) is 0 Å². The molecule has 3 aromatic rings. The number of benzene rings is 1. The third-order valence-electron chi connectivity index (χ3n) is 3.01. The number of nitrogens with two attached hydrogens (primary N) is 1. The average molecular weight is 258 g/mol. The number of hydrogen-bond donors (Lipinski definition) is 1. The van der Waals surface area contributed by atoms with Gasteiger partial charge in [-0.3, -0.25) is 0 Å². The van der Waals surface area contributed by atoms with Crippen molar-refractivity contribution in [2.45, 2.75) is 6.04 Å². The van der Waals surface area contributed by atoms with Gasteiger partial charge in [0.2, 0.25) is 0 Å². The molecule has 18 heavy (non-hydrogen) atoms. The van der Waals surface area contributed by atoms with Crippen molar-refractivity contribution >= 4 is 17.1 Å². The van der Waals surface area contributed by atoms with Gasteiger partial charge in [0.05, 0.1) is 11.6 Å². The molecule has 0 bridgehead atoms. The predicted octanol–water partition coefficient (Wildman–Crippen LogP) is 3.04. The first-order chi connectivity index (χ1) is 8.74. The summed E-state index contributed by atoms with van der Waals surface area (Å²) in [7, 11) is 0. The zero-order chi connectivity index (χ0) is 12.5. The van der Waals surface area contributed by atoms with Crippen molar-refractivity contribution in [1.82, 2.24) is 9.61 Å². The zero-order valence-corrected chi connectivity index (χ0v) is 10.4. The number of halogens is 1. The third-order valence-corrected chi connectivity index (χ3v) is 3.26. The van der Waals surface area contributed by atoms with E-state index in [-0.39, 0.29) is 6.04 Å². The summed E-state index contributed by atoms with van der Waals surface area (Å²) >= 11 is 5.87. The Morgan fingerprint density at radius 3 is 2.61 bits per heavy atom. The highest BCUT2D eigenvalue weighted by molar-refractivity contribution is 6.30. The molecule has 2 aromatic heterocycles. The number of fused-ring (bicyclic) bond motifs is 1. The van der Waals surface area contributed by atoms with Crippen molar-refractivity contribution < 1.29 is 0 Å². The molecule has 0 saturated heterocycles. The molecule has 0 radical (unpaired) electrons. The van der Waals surface area contributed by atoms with Gasteiger partial charge in [0, 0.05) is 17.4 Å². The molecular weight excluding hydrogens is 246 g/mol. The maximum Gasteiger partial charge on any atom is 0.0664 e. The van der Waals surface area contributed by atoms with Crippen LogP contribution in [0.1, 0.15) is 17.2 Å². The second-order valence-electron chi connectivity index (χ2n) is 4.19. The summed E-state index contributed by atoms with van der Waals surface area (Å²) < 4.78 is 1.82. The number of nitrogens with zero attached hydrogens (tertiary/aromatic N) is 2. The van der Waals surface area contributed by atoms with Crippen LogP contribution in [-0.2, 0) is 0 Å². The van der Waals surface area contributed by atoms with Gasteiger partial charge in [-0.1, -0.05) is 23.7 Å². The van der Waals surface area contributed by atoms with Crippen LogP contribution < -0.4 is 5.73 Å². The first kappa shape index (κ1) is 11.3. The van der Waals surface area contributed by atoms with Gasteiger partial charge in [0.25, 0.3) is 0 Å². The Bertz CT molecular complexity index is 673. The number of pyridine rings is 1. The predicted molar refractivity (Wildman–Crippen MR) is 72.7 cm³/mol. The summed E-state index contributed by atoms with van der Waals surface area (Å²) in [5.74, 6) is 0. The summed E-state index contributed by atoms with van der Waals surface area (Å²) in [5, 5.41) is 4.88. The van der Waals surface area contributed by atoms with Gasteiger partial charge in [-0.25, -0.2) is 4.52 Å². The first-order valence-electron chi connectivity index (χ1n) is 5.68. The van der Waals surface area contributed by atoms with Gasteiger partial charge in [0.15, 0.2) is 0 Å².